The number of amides is 1. The van der Waals surface area contributed by atoms with Gasteiger partial charge in [0.2, 0.25) is 11.7 Å². The number of rotatable bonds is 8. The second-order valence-electron chi connectivity index (χ2n) is 12.4. The van der Waals surface area contributed by atoms with Gasteiger partial charge in [0.25, 0.3) is 11.8 Å². The van der Waals surface area contributed by atoms with Crippen molar-refractivity contribution in [2.24, 2.45) is 17.3 Å². The lowest BCUT2D eigenvalue weighted by atomic mass is 9.53. The van der Waals surface area contributed by atoms with Crippen LogP contribution in [0.3, 0.4) is 0 Å². The van der Waals surface area contributed by atoms with E-state index in [0.717, 1.165) is 19.3 Å². The highest BCUT2D eigenvalue weighted by molar-refractivity contribution is 5.96. The molecule has 41 heavy (non-hydrogen) atoms. The molecular weight excluding hydrogens is 549 g/mol. The number of alkyl halides is 5. The van der Waals surface area contributed by atoms with Gasteiger partial charge < -0.3 is 13.9 Å². The summed E-state index contributed by atoms with van der Waals surface area (Å²) in [5.74, 6) is -1.70. The Morgan fingerprint density at radius 1 is 0.927 bits per heavy atom. The Morgan fingerprint density at radius 2 is 1.59 bits per heavy atom. The fourth-order valence-corrected chi connectivity index (χ4v) is 7.64. The highest BCUT2D eigenvalue weighted by Gasteiger charge is 2.60. The second-order valence-corrected chi connectivity index (χ2v) is 12.4. The highest BCUT2D eigenvalue weighted by atomic mass is 19.3. The monoisotopic (exact) mass is 577 g/mol. The predicted molar refractivity (Wildman–Crippen MR) is 133 cm³/mol. The van der Waals surface area contributed by atoms with Gasteiger partial charge in [0.15, 0.2) is 5.82 Å². The van der Waals surface area contributed by atoms with Gasteiger partial charge in [-0.15, -0.1) is 0 Å². The summed E-state index contributed by atoms with van der Waals surface area (Å²) in [4.78, 5) is 23.6. The van der Waals surface area contributed by atoms with Crippen molar-refractivity contribution in [3.63, 3.8) is 0 Å². The summed E-state index contributed by atoms with van der Waals surface area (Å²) in [7, 11) is 0. The van der Waals surface area contributed by atoms with Crippen LogP contribution in [0.1, 0.15) is 88.2 Å². The first-order valence-corrected chi connectivity index (χ1v) is 13.9. The molecule has 4 bridgehead atoms. The third kappa shape index (κ3) is 4.42. The van der Waals surface area contributed by atoms with E-state index in [1.165, 1.54) is 0 Å². The van der Waals surface area contributed by atoms with E-state index in [2.05, 4.69) is 24.8 Å². The zero-order valence-corrected chi connectivity index (χ0v) is 22.0. The molecule has 8 nitrogen and oxygen atoms in total. The lowest BCUT2D eigenvalue weighted by molar-refractivity contribution is -0.123. The molecule has 1 aromatic carbocycles. The molecule has 13 heteroatoms. The summed E-state index contributed by atoms with van der Waals surface area (Å²) in [5.41, 5.74) is -0.952. The Balaban J connectivity index is 1.16. The molecule has 218 valence electrons. The number of fused-ring (bicyclic) bond motifs is 4. The third-order valence-corrected chi connectivity index (χ3v) is 10.0. The number of carbonyl (C=O) groups excluding carboxylic acids is 1. The Labute approximate surface area is 231 Å². The molecule has 1 unspecified atom stereocenters. The van der Waals surface area contributed by atoms with Gasteiger partial charge in [0.05, 0.1) is 0 Å². The number of nitrogens with zero attached hydrogens (tertiary/aromatic N) is 5. The summed E-state index contributed by atoms with van der Waals surface area (Å²) < 4.78 is 76.6. The number of carbonyl (C=O) groups is 1. The molecular formula is C28H28F5N5O3. The predicted octanol–water partition coefficient (Wildman–Crippen LogP) is 6.76. The molecule has 9 rings (SSSR count). The third-order valence-electron chi connectivity index (χ3n) is 10.0. The van der Waals surface area contributed by atoms with E-state index in [9.17, 15) is 26.7 Å². The maximum Gasteiger partial charge on any atom is 0.315 e. The van der Waals surface area contributed by atoms with Crippen LogP contribution in [0.2, 0.25) is 0 Å². The molecule has 0 radical (unpaired) electrons. The van der Waals surface area contributed by atoms with Crippen LogP contribution in [0.25, 0.3) is 11.4 Å². The molecule has 0 aliphatic heterocycles. The van der Waals surface area contributed by atoms with Gasteiger partial charge in [0, 0.05) is 29.1 Å². The summed E-state index contributed by atoms with van der Waals surface area (Å²) in [6.45, 7) is 0.400. The first kappa shape index (κ1) is 26.5. The van der Waals surface area contributed by atoms with E-state index in [4.69, 9.17) is 4.52 Å². The molecule has 6 aliphatic carbocycles. The Morgan fingerprint density at radius 3 is 2.17 bits per heavy atom. The van der Waals surface area contributed by atoms with Gasteiger partial charge in [-0.1, -0.05) is 22.4 Å². The highest BCUT2D eigenvalue weighted by Crippen LogP contribution is 2.60. The number of hydrogen-bond acceptors (Lipinski definition) is 7. The Hall–Kier alpha value is -3.38. The molecule has 6 fully saturated rings. The zero-order valence-electron chi connectivity index (χ0n) is 22.0. The van der Waals surface area contributed by atoms with E-state index in [0.29, 0.717) is 55.7 Å². The van der Waals surface area contributed by atoms with Crippen LogP contribution in [0.4, 0.5) is 27.6 Å². The number of halogens is 5. The first-order valence-electron chi connectivity index (χ1n) is 13.9. The van der Waals surface area contributed by atoms with Gasteiger partial charge in [-0.25, -0.2) is 4.39 Å². The summed E-state index contributed by atoms with van der Waals surface area (Å²) in [5, 5.41) is 7.55. The molecule has 6 aliphatic rings. The summed E-state index contributed by atoms with van der Waals surface area (Å²) in [6.07, 6.45) is -0.495. The van der Waals surface area contributed by atoms with Crippen LogP contribution in [-0.4, -0.2) is 38.4 Å². The van der Waals surface area contributed by atoms with Crippen LogP contribution in [0.15, 0.2) is 33.3 Å². The van der Waals surface area contributed by atoms with Crippen LogP contribution < -0.4 is 4.90 Å². The fourth-order valence-electron chi connectivity index (χ4n) is 7.64. The van der Waals surface area contributed by atoms with Gasteiger partial charge >= 0.3 is 12.9 Å². The van der Waals surface area contributed by atoms with Gasteiger partial charge in [-0.05, 0) is 81.3 Å². The van der Waals surface area contributed by atoms with Crippen molar-refractivity contribution in [2.75, 3.05) is 11.4 Å². The SMILES string of the molecule is O=C(C1CC2(F)CC1C2)N(CC12CCC(c3noc(C(F)F)n3)(CC1)CC2)c1cccc(-c2noc(C(F)F)n2)c1. The van der Waals surface area contributed by atoms with E-state index >= 15 is 0 Å². The summed E-state index contributed by atoms with van der Waals surface area (Å²) in [6, 6.07) is 6.82. The maximum absolute atomic E-state index is 14.8. The molecule has 1 amide bonds. The number of aromatic nitrogens is 4. The molecule has 0 saturated heterocycles. The van der Waals surface area contributed by atoms with E-state index in [-0.39, 0.29) is 29.5 Å². The molecule has 3 aromatic rings. The van der Waals surface area contributed by atoms with Crippen molar-refractivity contribution in [3.05, 3.63) is 41.9 Å². The van der Waals surface area contributed by atoms with Crippen molar-refractivity contribution in [1.29, 1.82) is 0 Å². The Kier molecular flexibility index (Phi) is 6.02. The normalized spacial score (nSPS) is 32.1. The van der Waals surface area contributed by atoms with Crippen molar-refractivity contribution in [3.8, 4) is 11.4 Å². The van der Waals surface area contributed by atoms with Crippen molar-refractivity contribution >= 4 is 11.6 Å². The molecule has 6 saturated carbocycles. The van der Waals surface area contributed by atoms with Gasteiger partial charge in [0.1, 0.15) is 5.67 Å². The van der Waals surface area contributed by atoms with Crippen LogP contribution >= 0.6 is 0 Å². The van der Waals surface area contributed by atoms with Crippen LogP contribution in [-0.2, 0) is 10.2 Å². The van der Waals surface area contributed by atoms with Crippen molar-refractivity contribution < 1.29 is 35.8 Å². The molecule has 0 N–H and O–H groups in total. The number of hydrogen-bond donors (Lipinski definition) is 0. The lowest BCUT2D eigenvalue weighted by Gasteiger charge is -2.53. The molecule has 2 aromatic heterocycles. The number of anilines is 1. The number of benzene rings is 1. The Bertz CT molecular complexity index is 1440. The van der Waals surface area contributed by atoms with E-state index in [1.807, 2.05) is 0 Å². The second kappa shape index (κ2) is 9.32. The lowest BCUT2D eigenvalue weighted by Crippen LogP contribution is -2.52. The molecule has 1 atom stereocenters. The average molecular weight is 578 g/mol. The molecule has 0 spiro atoms. The van der Waals surface area contributed by atoms with Crippen LogP contribution in [0.5, 0.6) is 0 Å². The summed E-state index contributed by atoms with van der Waals surface area (Å²) >= 11 is 0. The topological polar surface area (TPSA) is 98.2 Å². The fraction of sp³-hybridized carbons (Fsp3) is 0.607. The van der Waals surface area contributed by atoms with Crippen molar-refractivity contribution in [2.45, 2.75) is 81.7 Å². The smallest absolute Gasteiger partial charge is 0.315 e. The quantitative estimate of drug-likeness (QED) is 0.273. The standard InChI is InChI=1S/C28H28F5N5O3/c29-19(30)22-34-21(36-40-22)15-2-1-3-17(10-15)38(24(39)18-13-28(33)11-16(18)12-28)14-26-4-7-27(8-5-26,9-6-26)25-35-23(20(31)32)41-37-25/h1-3,10,16,18-20H,4-9,11-14H2. The van der Waals surface area contributed by atoms with Crippen LogP contribution in [0, 0.1) is 17.3 Å². The average Bonchev–Trinajstić information content (AvgIpc) is 3.75. The van der Waals surface area contributed by atoms with Gasteiger partial charge in [-0.2, -0.15) is 27.5 Å². The van der Waals surface area contributed by atoms with E-state index in [1.54, 1.807) is 29.2 Å². The maximum atomic E-state index is 14.8. The van der Waals surface area contributed by atoms with Gasteiger partial charge in [-0.3, -0.25) is 4.79 Å². The molecule has 2 heterocycles. The largest absolute Gasteiger partial charge is 0.333 e. The minimum atomic E-state index is -2.90. The zero-order chi connectivity index (χ0) is 28.6. The van der Waals surface area contributed by atoms with Crippen molar-refractivity contribution in [1.82, 2.24) is 20.3 Å². The van der Waals surface area contributed by atoms with E-state index < -0.39 is 41.6 Å². The minimum Gasteiger partial charge on any atom is -0.333 e. The first-order chi connectivity index (χ1) is 19.6. The minimum absolute atomic E-state index is 0.00845.